The Balaban J connectivity index is 1.70. The van der Waals surface area contributed by atoms with Crippen LogP contribution in [-0.4, -0.2) is 38.1 Å². The van der Waals surface area contributed by atoms with Crippen LogP contribution in [0, 0.1) is 13.8 Å². The van der Waals surface area contributed by atoms with Crippen LogP contribution in [0.3, 0.4) is 0 Å². The summed E-state index contributed by atoms with van der Waals surface area (Å²) in [5.74, 6) is 0. The molecule has 0 saturated heterocycles. The highest BCUT2D eigenvalue weighted by molar-refractivity contribution is 9.10. The first kappa shape index (κ1) is 19.9. The van der Waals surface area contributed by atoms with Gasteiger partial charge in [0.25, 0.3) is 0 Å². The molecule has 3 aromatic heterocycles. The van der Waals surface area contributed by atoms with E-state index >= 15 is 0 Å². The van der Waals surface area contributed by atoms with E-state index in [-0.39, 0.29) is 6.09 Å². The van der Waals surface area contributed by atoms with Crippen LogP contribution in [-0.2, 0) is 17.7 Å². The second-order valence-electron chi connectivity index (χ2n) is 8.59. The van der Waals surface area contributed by atoms with Crippen molar-refractivity contribution in [2.24, 2.45) is 0 Å². The lowest BCUT2D eigenvalue weighted by Gasteiger charge is -2.30. The van der Waals surface area contributed by atoms with Gasteiger partial charge >= 0.3 is 6.09 Å². The van der Waals surface area contributed by atoms with E-state index in [2.05, 4.69) is 44.1 Å². The molecule has 0 unspecified atom stereocenters. The number of fused-ring (bicyclic) bond motifs is 2. The Morgan fingerprint density at radius 3 is 2.52 bits per heavy atom. The zero-order chi connectivity index (χ0) is 20.9. The summed E-state index contributed by atoms with van der Waals surface area (Å²) in [6, 6.07) is 6.28. The molecule has 0 radical (unpaired) electrons. The Kier molecular flexibility index (Phi) is 4.89. The Morgan fingerprint density at radius 2 is 1.86 bits per heavy atom. The fourth-order valence-electron chi connectivity index (χ4n) is 3.69. The van der Waals surface area contributed by atoms with Gasteiger partial charge in [0.1, 0.15) is 11.1 Å². The third kappa shape index (κ3) is 4.01. The molecule has 0 bridgehead atoms. The van der Waals surface area contributed by atoms with Crippen molar-refractivity contribution in [1.82, 2.24) is 19.9 Å². The van der Waals surface area contributed by atoms with Crippen LogP contribution in [0.1, 0.15) is 43.4 Å². The molecular formula is C22H25BrN4O2. The van der Waals surface area contributed by atoms with Crippen LogP contribution >= 0.6 is 15.9 Å². The van der Waals surface area contributed by atoms with Gasteiger partial charge < -0.3 is 14.6 Å². The maximum Gasteiger partial charge on any atom is 0.410 e. The van der Waals surface area contributed by atoms with Crippen LogP contribution in [0.25, 0.3) is 22.3 Å². The highest BCUT2D eigenvalue weighted by Gasteiger charge is 2.27. The number of aromatic nitrogens is 3. The number of hydrogen-bond acceptors (Lipinski definition) is 4. The molecule has 0 spiro atoms. The van der Waals surface area contributed by atoms with Gasteiger partial charge in [-0.1, -0.05) is 0 Å². The topological polar surface area (TPSA) is 71.1 Å². The molecule has 0 aliphatic carbocycles. The summed E-state index contributed by atoms with van der Waals surface area (Å²) < 4.78 is 6.45. The summed E-state index contributed by atoms with van der Waals surface area (Å²) in [4.78, 5) is 27.0. The average molecular weight is 457 g/mol. The van der Waals surface area contributed by atoms with E-state index in [1.807, 2.05) is 34.6 Å². The quantitative estimate of drug-likeness (QED) is 0.539. The molecule has 0 saturated carbocycles. The van der Waals surface area contributed by atoms with Crippen molar-refractivity contribution in [1.29, 1.82) is 0 Å². The van der Waals surface area contributed by atoms with E-state index in [4.69, 9.17) is 9.72 Å². The van der Waals surface area contributed by atoms with Gasteiger partial charge in [-0.05, 0) is 80.7 Å². The number of hydrogen-bond donors (Lipinski definition) is 1. The lowest BCUT2D eigenvalue weighted by molar-refractivity contribution is 0.0221. The summed E-state index contributed by atoms with van der Waals surface area (Å²) in [6.07, 6.45) is 0.471. The molecule has 7 heteroatoms. The molecule has 152 valence electrons. The molecule has 6 nitrogen and oxygen atoms in total. The molecule has 3 aromatic rings. The molecular weight excluding hydrogens is 432 g/mol. The maximum atomic E-state index is 12.5. The number of rotatable bonds is 1. The molecule has 1 N–H and O–H groups in total. The van der Waals surface area contributed by atoms with E-state index in [0.29, 0.717) is 13.1 Å². The number of pyridine rings is 2. The second-order valence-corrected chi connectivity index (χ2v) is 9.39. The van der Waals surface area contributed by atoms with Gasteiger partial charge in [0.2, 0.25) is 0 Å². The van der Waals surface area contributed by atoms with Crippen molar-refractivity contribution in [2.45, 2.75) is 53.2 Å². The minimum atomic E-state index is -0.506. The van der Waals surface area contributed by atoms with Crippen LogP contribution in [0.4, 0.5) is 4.79 Å². The number of nitrogens with zero attached hydrogens (tertiary/aromatic N) is 3. The molecule has 0 aromatic carbocycles. The standard InChI is InChI=1S/C22H25BrN4O2/c1-12-8-15(9-13(2)24-12)19-18(23)20-16(25-19)10-14-6-7-27(11-17(14)26-20)21(28)29-22(3,4)5/h8-10,25H,6-7,11H2,1-5H3. The van der Waals surface area contributed by atoms with Crippen molar-refractivity contribution in [3.8, 4) is 11.3 Å². The molecule has 1 amide bonds. The predicted octanol–water partition coefficient (Wildman–Crippen LogP) is 5.30. The van der Waals surface area contributed by atoms with E-state index in [0.717, 1.165) is 50.3 Å². The Morgan fingerprint density at radius 1 is 1.17 bits per heavy atom. The van der Waals surface area contributed by atoms with Crippen LogP contribution in [0.2, 0.25) is 0 Å². The van der Waals surface area contributed by atoms with Crippen molar-refractivity contribution < 1.29 is 9.53 Å². The minimum absolute atomic E-state index is 0.290. The minimum Gasteiger partial charge on any atom is -0.444 e. The van der Waals surface area contributed by atoms with E-state index in [1.54, 1.807) is 4.90 Å². The van der Waals surface area contributed by atoms with Crippen molar-refractivity contribution in [2.75, 3.05) is 6.54 Å². The summed E-state index contributed by atoms with van der Waals surface area (Å²) in [5, 5.41) is 0. The fourth-order valence-corrected chi connectivity index (χ4v) is 4.32. The number of amides is 1. The summed E-state index contributed by atoms with van der Waals surface area (Å²) >= 11 is 3.73. The molecule has 4 heterocycles. The van der Waals surface area contributed by atoms with Crippen molar-refractivity contribution in [3.05, 3.63) is 45.3 Å². The van der Waals surface area contributed by atoms with Gasteiger partial charge in [0.15, 0.2) is 0 Å². The zero-order valence-corrected chi connectivity index (χ0v) is 19.0. The maximum absolute atomic E-state index is 12.5. The predicted molar refractivity (Wildman–Crippen MR) is 117 cm³/mol. The second kappa shape index (κ2) is 7.13. The highest BCUT2D eigenvalue weighted by atomic mass is 79.9. The number of halogens is 1. The number of carbonyl (C=O) groups is 1. The fraction of sp³-hybridized carbons (Fsp3) is 0.409. The van der Waals surface area contributed by atoms with Crippen LogP contribution in [0.15, 0.2) is 22.7 Å². The third-order valence-electron chi connectivity index (χ3n) is 4.89. The number of carbonyl (C=O) groups excluding carboxylic acids is 1. The summed E-state index contributed by atoms with van der Waals surface area (Å²) in [6.45, 7) is 10.7. The Labute approximate surface area is 178 Å². The lowest BCUT2D eigenvalue weighted by Crippen LogP contribution is -2.40. The van der Waals surface area contributed by atoms with E-state index in [1.165, 1.54) is 5.56 Å². The molecule has 0 atom stereocenters. The number of H-pyrrole nitrogens is 1. The zero-order valence-electron chi connectivity index (χ0n) is 17.4. The van der Waals surface area contributed by atoms with Crippen LogP contribution in [0.5, 0.6) is 0 Å². The van der Waals surface area contributed by atoms with Gasteiger partial charge in [-0.3, -0.25) is 4.98 Å². The third-order valence-corrected chi connectivity index (χ3v) is 5.66. The summed E-state index contributed by atoms with van der Waals surface area (Å²) in [7, 11) is 0. The van der Waals surface area contributed by atoms with E-state index < -0.39 is 5.60 Å². The number of aryl methyl sites for hydroxylation is 2. The van der Waals surface area contributed by atoms with Crippen LogP contribution < -0.4 is 0 Å². The average Bonchev–Trinajstić information content (AvgIpc) is 2.93. The number of nitrogens with one attached hydrogen (secondary N) is 1. The smallest absolute Gasteiger partial charge is 0.410 e. The monoisotopic (exact) mass is 456 g/mol. The molecule has 1 aliphatic rings. The highest BCUT2D eigenvalue weighted by Crippen LogP contribution is 2.36. The Hall–Kier alpha value is -2.41. The van der Waals surface area contributed by atoms with Crippen molar-refractivity contribution >= 4 is 33.1 Å². The van der Waals surface area contributed by atoms with Gasteiger partial charge in [-0.2, -0.15) is 0 Å². The van der Waals surface area contributed by atoms with Crippen molar-refractivity contribution in [3.63, 3.8) is 0 Å². The largest absolute Gasteiger partial charge is 0.444 e. The summed E-state index contributed by atoms with van der Waals surface area (Å²) in [5.41, 5.74) is 7.47. The van der Waals surface area contributed by atoms with Gasteiger partial charge in [0.05, 0.1) is 27.9 Å². The molecule has 4 rings (SSSR count). The normalized spacial score (nSPS) is 14.2. The van der Waals surface area contributed by atoms with E-state index in [9.17, 15) is 4.79 Å². The SMILES string of the molecule is Cc1cc(-c2[nH]c3cc4c(nc3c2Br)CN(C(=O)OC(C)(C)C)CC4)cc(C)n1. The lowest BCUT2D eigenvalue weighted by atomic mass is 10.0. The molecule has 0 fully saturated rings. The van der Waals surface area contributed by atoms with Gasteiger partial charge in [-0.15, -0.1) is 0 Å². The molecule has 29 heavy (non-hydrogen) atoms. The van der Waals surface area contributed by atoms with Gasteiger partial charge in [0, 0.05) is 23.5 Å². The number of ether oxygens (including phenoxy) is 1. The first-order chi connectivity index (χ1) is 13.6. The van der Waals surface area contributed by atoms with Gasteiger partial charge in [-0.25, -0.2) is 9.78 Å². The first-order valence-corrected chi connectivity index (χ1v) is 10.5. The first-order valence-electron chi connectivity index (χ1n) is 9.74. The number of aromatic amines is 1. The molecule has 1 aliphatic heterocycles. The Bertz CT molecular complexity index is 1090.